The van der Waals surface area contributed by atoms with Gasteiger partial charge in [-0.2, -0.15) is 0 Å². The maximum Gasteiger partial charge on any atom is 0.0954 e. The van der Waals surface area contributed by atoms with Crippen LogP contribution in [0.1, 0.15) is 24.2 Å². The third-order valence-corrected chi connectivity index (χ3v) is 3.13. The minimum atomic E-state index is 0.262. The van der Waals surface area contributed by atoms with E-state index in [0.717, 1.165) is 11.6 Å². The van der Waals surface area contributed by atoms with Gasteiger partial charge in [-0.15, -0.1) is 0 Å². The number of rotatable bonds is 4. The molecule has 2 rings (SSSR count). The summed E-state index contributed by atoms with van der Waals surface area (Å²) in [5, 5.41) is 3.91. The fourth-order valence-electron chi connectivity index (χ4n) is 1.90. The Kier molecular flexibility index (Phi) is 3.82. The van der Waals surface area contributed by atoms with E-state index in [1.807, 2.05) is 31.7 Å². The lowest BCUT2D eigenvalue weighted by atomic mass is 10.1. The maximum absolute atomic E-state index is 5.89. The van der Waals surface area contributed by atoms with E-state index in [0.29, 0.717) is 0 Å². The zero-order chi connectivity index (χ0) is 12.3. The van der Waals surface area contributed by atoms with Gasteiger partial charge in [0.15, 0.2) is 0 Å². The molecule has 0 amide bonds. The Hall–Kier alpha value is -1.32. The van der Waals surface area contributed by atoms with Crippen LogP contribution < -0.4 is 5.32 Å². The average molecular weight is 250 g/mol. The highest BCUT2D eigenvalue weighted by atomic mass is 35.5. The molecule has 0 spiro atoms. The van der Waals surface area contributed by atoms with Gasteiger partial charge in [0.1, 0.15) is 0 Å². The summed E-state index contributed by atoms with van der Waals surface area (Å²) in [4.78, 5) is 4.20. The van der Waals surface area contributed by atoms with Crippen LogP contribution >= 0.6 is 11.6 Å². The summed E-state index contributed by atoms with van der Waals surface area (Å²) in [6.07, 6.45) is 3.76. The summed E-state index contributed by atoms with van der Waals surface area (Å²) in [5.74, 6) is 0. The zero-order valence-corrected chi connectivity index (χ0v) is 10.8. The van der Waals surface area contributed by atoms with Gasteiger partial charge in [-0.05, 0) is 31.7 Å². The Morgan fingerprint density at radius 1 is 1.35 bits per heavy atom. The summed E-state index contributed by atoms with van der Waals surface area (Å²) >= 11 is 5.89. The van der Waals surface area contributed by atoms with E-state index in [4.69, 9.17) is 11.6 Å². The monoisotopic (exact) mass is 249 g/mol. The van der Waals surface area contributed by atoms with E-state index in [1.165, 1.54) is 11.3 Å². The Morgan fingerprint density at radius 2 is 2.06 bits per heavy atom. The molecule has 2 aromatic rings. The second kappa shape index (κ2) is 5.34. The first-order valence-corrected chi connectivity index (χ1v) is 6.01. The second-order valence-corrected chi connectivity index (χ2v) is 4.49. The van der Waals surface area contributed by atoms with Crippen LogP contribution in [0.25, 0.3) is 0 Å². The largest absolute Gasteiger partial charge is 0.326 e. The molecule has 0 aliphatic rings. The molecule has 0 fully saturated rings. The molecule has 0 saturated carbocycles. The Labute approximate surface area is 106 Å². The van der Waals surface area contributed by atoms with E-state index in [1.54, 1.807) is 0 Å². The van der Waals surface area contributed by atoms with Crippen LogP contribution in [0, 0.1) is 0 Å². The molecule has 1 unspecified atom stereocenters. The SMILES string of the molecule is CNCc1cncn1C(C)c1ccc(Cl)cc1. The molecular weight excluding hydrogens is 234 g/mol. The van der Waals surface area contributed by atoms with Gasteiger partial charge in [0.05, 0.1) is 18.1 Å². The Morgan fingerprint density at radius 3 is 2.71 bits per heavy atom. The van der Waals surface area contributed by atoms with Crippen LogP contribution in [0.4, 0.5) is 0 Å². The predicted octanol–water partition coefficient (Wildman–Crippen LogP) is 2.87. The molecule has 1 N–H and O–H groups in total. The van der Waals surface area contributed by atoms with E-state index in [9.17, 15) is 0 Å². The summed E-state index contributed by atoms with van der Waals surface area (Å²) in [6, 6.07) is 8.20. The number of nitrogens with zero attached hydrogens (tertiary/aromatic N) is 2. The van der Waals surface area contributed by atoms with Gasteiger partial charge in [-0.25, -0.2) is 4.98 Å². The van der Waals surface area contributed by atoms with Crippen LogP contribution in [0.3, 0.4) is 0 Å². The number of hydrogen-bond donors (Lipinski definition) is 1. The number of nitrogens with one attached hydrogen (secondary N) is 1. The van der Waals surface area contributed by atoms with E-state index in [2.05, 4.69) is 33.9 Å². The van der Waals surface area contributed by atoms with Gasteiger partial charge in [0, 0.05) is 17.8 Å². The van der Waals surface area contributed by atoms with Gasteiger partial charge in [-0.3, -0.25) is 0 Å². The smallest absolute Gasteiger partial charge is 0.0954 e. The lowest BCUT2D eigenvalue weighted by Crippen LogP contribution is -2.14. The number of aromatic nitrogens is 2. The maximum atomic E-state index is 5.89. The second-order valence-electron chi connectivity index (χ2n) is 4.05. The summed E-state index contributed by atoms with van der Waals surface area (Å²) in [5.41, 5.74) is 2.40. The van der Waals surface area contributed by atoms with Crippen molar-refractivity contribution in [1.82, 2.24) is 14.9 Å². The lowest BCUT2D eigenvalue weighted by Gasteiger charge is -2.17. The molecule has 3 nitrogen and oxygen atoms in total. The first kappa shape index (κ1) is 12.1. The molecule has 1 aromatic heterocycles. The molecule has 0 saturated heterocycles. The molecule has 0 bridgehead atoms. The third-order valence-electron chi connectivity index (χ3n) is 2.87. The van der Waals surface area contributed by atoms with Crippen molar-refractivity contribution in [3.63, 3.8) is 0 Å². The molecule has 1 aromatic carbocycles. The van der Waals surface area contributed by atoms with Crippen LogP contribution in [0.2, 0.25) is 5.02 Å². The lowest BCUT2D eigenvalue weighted by molar-refractivity contribution is 0.593. The summed E-state index contributed by atoms with van der Waals surface area (Å²) < 4.78 is 2.17. The molecule has 1 atom stereocenters. The molecule has 1 heterocycles. The average Bonchev–Trinajstić information content (AvgIpc) is 2.78. The van der Waals surface area contributed by atoms with Gasteiger partial charge >= 0.3 is 0 Å². The minimum Gasteiger partial charge on any atom is -0.326 e. The molecule has 4 heteroatoms. The van der Waals surface area contributed by atoms with Crippen LogP contribution in [-0.4, -0.2) is 16.6 Å². The molecule has 17 heavy (non-hydrogen) atoms. The van der Waals surface area contributed by atoms with Gasteiger partial charge in [0.25, 0.3) is 0 Å². The van der Waals surface area contributed by atoms with Crippen molar-refractivity contribution >= 4 is 11.6 Å². The van der Waals surface area contributed by atoms with Crippen molar-refractivity contribution in [2.75, 3.05) is 7.05 Å². The molecule has 0 aliphatic heterocycles. The van der Waals surface area contributed by atoms with Crippen LogP contribution in [0.15, 0.2) is 36.8 Å². The zero-order valence-electron chi connectivity index (χ0n) is 10.0. The van der Waals surface area contributed by atoms with Crippen LogP contribution in [0.5, 0.6) is 0 Å². The third kappa shape index (κ3) is 2.68. The first-order valence-electron chi connectivity index (χ1n) is 5.63. The van der Waals surface area contributed by atoms with Gasteiger partial charge in [-0.1, -0.05) is 23.7 Å². The normalized spacial score (nSPS) is 12.6. The van der Waals surface area contributed by atoms with Gasteiger partial charge in [0.2, 0.25) is 0 Å². The van der Waals surface area contributed by atoms with Crippen molar-refractivity contribution in [3.05, 3.63) is 53.1 Å². The van der Waals surface area contributed by atoms with Crippen molar-refractivity contribution in [3.8, 4) is 0 Å². The first-order chi connectivity index (χ1) is 8.22. The van der Waals surface area contributed by atoms with Crippen LogP contribution in [-0.2, 0) is 6.54 Å². The quantitative estimate of drug-likeness (QED) is 0.903. The predicted molar refractivity (Wildman–Crippen MR) is 70.3 cm³/mol. The standard InChI is InChI=1S/C13H16ClN3/c1-10(11-3-5-12(14)6-4-11)17-9-16-8-13(17)7-15-2/h3-6,8-10,15H,7H2,1-2H3. The topological polar surface area (TPSA) is 29.9 Å². The number of hydrogen-bond acceptors (Lipinski definition) is 2. The molecular formula is C13H16ClN3. The van der Waals surface area contributed by atoms with Crippen molar-refractivity contribution < 1.29 is 0 Å². The molecule has 90 valence electrons. The fraction of sp³-hybridized carbons (Fsp3) is 0.308. The number of halogens is 1. The van der Waals surface area contributed by atoms with E-state index in [-0.39, 0.29) is 6.04 Å². The highest BCUT2D eigenvalue weighted by Gasteiger charge is 2.10. The van der Waals surface area contributed by atoms with E-state index >= 15 is 0 Å². The Bertz CT molecular complexity index is 476. The highest BCUT2D eigenvalue weighted by Crippen LogP contribution is 2.21. The van der Waals surface area contributed by atoms with Crippen molar-refractivity contribution in [1.29, 1.82) is 0 Å². The summed E-state index contributed by atoms with van der Waals surface area (Å²) in [6.45, 7) is 2.97. The summed E-state index contributed by atoms with van der Waals surface area (Å²) in [7, 11) is 1.93. The highest BCUT2D eigenvalue weighted by molar-refractivity contribution is 6.30. The molecule has 0 radical (unpaired) electrons. The molecule has 0 aliphatic carbocycles. The Balaban J connectivity index is 2.26. The number of benzene rings is 1. The fourth-order valence-corrected chi connectivity index (χ4v) is 2.03. The van der Waals surface area contributed by atoms with Crippen molar-refractivity contribution in [2.24, 2.45) is 0 Å². The van der Waals surface area contributed by atoms with E-state index < -0.39 is 0 Å². The van der Waals surface area contributed by atoms with Gasteiger partial charge < -0.3 is 9.88 Å². The number of imidazole rings is 1. The van der Waals surface area contributed by atoms with Crippen molar-refractivity contribution in [2.45, 2.75) is 19.5 Å². The minimum absolute atomic E-state index is 0.262.